The number of pyridine rings is 1. The van der Waals surface area contributed by atoms with Gasteiger partial charge in [-0.05, 0) is 48.9 Å². The average molecular weight is 377 g/mol. The zero-order valence-corrected chi connectivity index (χ0v) is 15.7. The molecule has 6 nitrogen and oxygen atoms in total. The topological polar surface area (TPSA) is 86.5 Å². The van der Waals surface area contributed by atoms with Crippen LogP contribution in [0.2, 0.25) is 0 Å². The summed E-state index contributed by atoms with van der Waals surface area (Å²) in [7, 11) is 1.68. The first-order valence-electron chi connectivity index (χ1n) is 9.01. The van der Waals surface area contributed by atoms with Gasteiger partial charge in [0.1, 0.15) is 17.1 Å². The molecule has 3 N–H and O–H groups in total. The molecule has 1 heterocycles. The van der Waals surface area contributed by atoms with Crippen LogP contribution >= 0.6 is 0 Å². The van der Waals surface area contributed by atoms with E-state index in [-0.39, 0.29) is 11.4 Å². The first-order chi connectivity index (χ1) is 13.7. The van der Waals surface area contributed by atoms with Gasteiger partial charge in [-0.2, -0.15) is 0 Å². The average Bonchev–Trinajstić information content (AvgIpc) is 2.73. The molecule has 0 aliphatic heterocycles. The number of aromatic nitrogens is 1. The highest BCUT2D eigenvalue weighted by molar-refractivity contribution is 5.95. The Morgan fingerprint density at radius 3 is 2.61 bits per heavy atom. The highest BCUT2D eigenvalue weighted by atomic mass is 16.5. The summed E-state index contributed by atoms with van der Waals surface area (Å²) < 4.78 is 11.1. The second kappa shape index (κ2) is 9.53. The molecule has 0 radical (unpaired) electrons. The highest BCUT2D eigenvalue weighted by Gasteiger charge is 2.10. The Morgan fingerprint density at radius 2 is 1.86 bits per heavy atom. The number of amides is 1. The van der Waals surface area contributed by atoms with Crippen molar-refractivity contribution in [3.05, 3.63) is 83.6 Å². The van der Waals surface area contributed by atoms with Crippen molar-refractivity contribution in [3.8, 4) is 17.4 Å². The number of nitrogens with zero attached hydrogens (tertiary/aromatic N) is 1. The number of hydrogen-bond donors (Lipinski definition) is 2. The predicted molar refractivity (Wildman–Crippen MR) is 108 cm³/mol. The summed E-state index contributed by atoms with van der Waals surface area (Å²) >= 11 is 0. The Hall–Kier alpha value is -3.38. The minimum Gasteiger partial charge on any atom is -0.496 e. The van der Waals surface area contributed by atoms with Gasteiger partial charge in [0.15, 0.2) is 0 Å². The molecule has 0 spiro atoms. The van der Waals surface area contributed by atoms with E-state index in [0.29, 0.717) is 5.75 Å². The van der Waals surface area contributed by atoms with Gasteiger partial charge >= 0.3 is 0 Å². The number of methoxy groups -OCH3 is 1. The Kier molecular flexibility index (Phi) is 6.59. The molecule has 0 atom stereocenters. The van der Waals surface area contributed by atoms with Crippen molar-refractivity contribution in [3.63, 3.8) is 0 Å². The molecule has 0 fully saturated rings. The number of rotatable bonds is 9. The fourth-order valence-corrected chi connectivity index (χ4v) is 2.80. The van der Waals surface area contributed by atoms with Crippen LogP contribution in [0.25, 0.3) is 0 Å². The maximum absolute atomic E-state index is 11.4. The minimum absolute atomic E-state index is 0.209. The molecule has 0 bridgehead atoms. The number of carbonyl (C=O) groups is 1. The van der Waals surface area contributed by atoms with Gasteiger partial charge in [0.25, 0.3) is 5.91 Å². The SMILES string of the molecule is COc1ccccc1CNCCc1ccc(Oc2ncccc2C(N)=O)cc1. The van der Waals surface area contributed by atoms with Crippen LogP contribution in [0.4, 0.5) is 0 Å². The minimum atomic E-state index is -0.569. The molecule has 1 aromatic heterocycles. The van der Waals surface area contributed by atoms with Gasteiger partial charge in [0.05, 0.1) is 7.11 Å². The molecule has 1 amide bonds. The van der Waals surface area contributed by atoms with Gasteiger partial charge in [-0.25, -0.2) is 4.98 Å². The van der Waals surface area contributed by atoms with E-state index in [1.54, 1.807) is 25.4 Å². The molecule has 0 saturated carbocycles. The van der Waals surface area contributed by atoms with Crippen LogP contribution in [0, 0.1) is 0 Å². The summed E-state index contributed by atoms with van der Waals surface area (Å²) in [5, 5.41) is 3.43. The van der Waals surface area contributed by atoms with Gasteiger partial charge in [-0.15, -0.1) is 0 Å². The molecule has 0 aliphatic rings. The van der Waals surface area contributed by atoms with Crippen molar-refractivity contribution in [1.29, 1.82) is 0 Å². The number of ether oxygens (including phenoxy) is 2. The second-order valence-electron chi connectivity index (χ2n) is 6.21. The summed E-state index contributed by atoms with van der Waals surface area (Å²) in [4.78, 5) is 15.5. The molecule has 0 aliphatic carbocycles. The van der Waals surface area contributed by atoms with Crippen LogP contribution < -0.4 is 20.5 Å². The highest BCUT2D eigenvalue weighted by Crippen LogP contribution is 2.23. The van der Waals surface area contributed by atoms with Crippen molar-refractivity contribution in [2.45, 2.75) is 13.0 Å². The molecule has 0 unspecified atom stereocenters. The molecule has 28 heavy (non-hydrogen) atoms. The zero-order chi connectivity index (χ0) is 19.8. The number of hydrogen-bond acceptors (Lipinski definition) is 5. The molecule has 6 heteroatoms. The lowest BCUT2D eigenvalue weighted by atomic mass is 10.1. The van der Waals surface area contributed by atoms with Crippen LogP contribution in [-0.4, -0.2) is 24.5 Å². The van der Waals surface area contributed by atoms with E-state index in [1.165, 1.54) is 5.56 Å². The number of benzene rings is 2. The van der Waals surface area contributed by atoms with Crippen LogP contribution in [0.1, 0.15) is 21.5 Å². The maximum atomic E-state index is 11.4. The third kappa shape index (κ3) is 5.08. The van der Waals surface area contributed by atoms with Crippen molar-refractivity contribution in [2.24, 2.45) is 5.73 Å². The van der Waals surface area contributed by atoms with Crippen molar-refractivity contribution in [1.82, 2.24) is 10.3 Å². The normalized spacial score (nSPS) is 10.5. The molecule has 0 saturated heterocycles. The van der Waals surface area contributed by atoms with E-state index in [4.69, 9.17) is 15.2 Å². The summed E-state index contributed by atoms with van der Waals surface area (Å²) in [6, 6.07) is 18.9. The molecular formula is C22H23N3O3. The van der Waals surface area contributed by atoms with Gasteiger partial charge < -0.3 is 20.5 Å². The first kappa shape index (κ1) is 19.4. The standard InChI is InChI=1S/C22H23N3O3/c1-27-20-7-3-2-5-17(20)15-24-14-12-16-8-10-18(11-9-16)28-22-19(21(23)26)6-4-13-25-22/h2-11,13,24H,12,14-15H2,1H3,(H2,23,26). The van der Waals surface area contributed by atoms with Crippen molar-refractivity contribution >= 4 is 5.91 Å². The van der Waals surface area contributed by atoms with Crippen LogP contribution in [-0.2, 0) is 13.0 Å². The smallest absolute Gasteiger partial charge is 0.254 e. The van der Waals surface area contributed by atoms with Crippen molar-refractivity contribution in [2.75, 3.05) is 13.7 Å². The zero-order valence-electron chi connectivity index (χ0n) is 15.7. The van der Waals surface area contributed by atoms with E-state index in [9.17, 15) is 4.79 Å². The fourth-order valence-electron chi connectivity index (χ4n) is 2.80. The molecular weight excluding hydrogens is 354 g/mol. The van der Waals surface area contributed by atoms with Gasteiger partial charge in [0.2, 0.25) is 5.88 Å². The third-order valence-electron chi connectivity index (χ3n) is 4.27. The Bertz CT molecular complexity index is 926. The summed E-state index contributed by atoms with van der Waals surface area (Å²) in [6.45, 7) is 1.59. The first-order valence-corrected chi connectivity index (χ1v) is 9.01. The lowest BCUT2D eigenvalue weighted by Crippen LogP contribution is -2.17. The Balaban J connectivity index is 1.52. The molecule has 144 valence electrons. The Morgan fingerprint density at radius 1 is 1.07 bits per heavy atom. The third-order valence-corrected chi connectivity index (χ3v) is 4.27. The second-order valence-corrected chi connectivity index (χ2v) is 6.21. The van der Waals surface area contributed by atoms with Crippen LogP contribution in [0.3, 0.4) is 0 Å². The predicted octanol–water partition coefficient (Wildman–Crippen LogP) is 3.31. The molecule has 2 aromatic carbocycles. The van der Waals surface area contributed by atoms with Gasteiger partial charge in [0, 0.05) is 18.3 Å². The van der Waals surface area contributed by atoms with E-state index in [2.05, 4.69) is 16.4 Å². The summed E-state index contributed by atoms with van der Waals surface area (Å²) in [5.41, 5.74) is 7.91. The fraction of sp³-hybridized carbons (Fsp3) is 0.182. The lowest BCUT2D eigenvalue weighted by molar-refractivity contribution is 0.0997. The van der Waals surface area contributed by atoms with Crippen LogP contribution in [0.15, 0.2) is 66.9 Å². The largest absolute Gasteiger partial charge is 0.496 e. The number of nitrogens with two attached hydrogens (primary N) is 1. The monoisotopic (exact) mass is 377 g/mol. The van der Waals surface area contributed by atoms with Gasteiger partial charge in [-0.1, -0.05) is 30.3 Å². The lowest BCUT2D eigenvalue weighted by Gasteiger charge is -2.10. The summed E-state index contributed by atoms with van der Waals surface area (Å²) in [5.74, 6) is 1.13. The van der Waals surface area contributed by atoms with E-state index in [1.807, 2.05) is 42.5 Å². The quantitative estimate of drug-likeness (QED) is 0.559. The molecule has 3 rings (SSSR count). The number of nitrogens with one attached hydrogen (secondary N) is 1. The van der Waals surface area contributed by atoms with Gasteiger partial charge in [-0.3, -0.25) is 4.79 Å². The molecule has 3 aromatic rings. The van der Waals surface area contributed by atoms with Crippen molar-refractivity contribution < 1.29 is 14.3 Å². The number of carbonyl (C=O) groups excluding carboxylic acids is 1. The van der Waals surface area contributed by atoms with E-state index < -0.39 is 5.91 Å². The Labute approximate surface area is 164 Å². The van der Waals surface area contributed by atoms with Crippen LogP contribution in [0.5, 0.6) is 17.4 Å². The summed E-state index contributed by atoms with van der Waals surface area (Å²) in [6.07, 6.45) is 2.44. The van der Waals surface area contributed by atoms with E-state index in [0.717, 1.165) is 30.8 Å². The maximum Gasteiger partial charge on any atom is 0.254 e. The number of para-hydroxylation sites is 1. The van der Waals surface area contributed by atoms with E-state index >= 15 is 0 Å². The number of primary amides is 1.